The lowest BCUT2D eigenvalue weighted by molar-refractivity contribution is -0.136. The molecular formula is C16H22N4O2. The van der Waals surface area contributed by atoms with E-state index in [0.29, 0.717) is 13.1 Å². The minimum atomic E-state index is -0.243. The number of fused-ring (bicyclic) bond motifs is 1. The molecule has 118 valence electrons. The predicted octanol–water partition coefficient (Wildman–Crippen LogP) is 2.53. The van der Waals surface area contributed by atoms with Crippen LogP contribution in [0.3, 0.4) is 0 Å². The Morgan fingerprint density at radius 3 is 2.91 bits per heavy atom. The normalized spacial score (nSPS) is 15.9. The lowest BCUT2D eigenvalue weighted by Crippen LogP contribution is -2.40. The number of amides is 1. The summed E-state index contributed by atoms with van der Waals surface area (Å²) in [6, 6.07) is 1.60. The smallest absolute Gasteiger partial charge is 0.247 e. The summed E-state index contributed by atoms with van der Waals surface area (Å²) in [6.07, 6.45) is 5.00. The molecule has 0 radical (unpaired) electrons. The van der Waals surface area contributed by atoms with Gasteiger partial charge in [-0.2, -0.15) is 5.10 Å². The molecule has 0 fully saturated rings. The van der Waals surface area contributed by atoms with E-state index in [1.165, 1.54) is 0 Å². The van der Waals surface area contributed by atoms with E-state index in [-0.39, 0.29) is 17.9 Å². The molecule has 1 aliphatic rings. The molecule has 0 N–H and O–H groups in total. The SMILES string of the molecule is CCC(C(=O)N1CCc2oc(C(C)C)nc2C1)n1cccn1. The van der Waals surface area contributed by atoms with Crippen LogP contribution in [0.2, 0.25) is 0 Å². The molecule has 2 aromatic rings. The van der Waals surface area contributed by atoms with Crippen molar-refractivity contribution < 1.29 is 9.21 Å². The molecule has 3 heterocycles. The number of rotatable bonds is 4. The van der Waals surface area contributed by atoms with Crippen LogP contribution < -0.4 is 0 Å². The summed E-state index contributed by atoms with van der Waals surface area (Å²) in [5, 5.41) is 4.21. The second-order valence-corrected chi connectivity index (χ2v) is 6.00. The third kappa shape index (κ3) is 2.65. The quantitative estimate of drug-likeness (QED) is 0.870. The Labute approximate surface area is 130 Å². The zero-order chi connectivity index (χ0) is 15.7. The molecule has 0 aliphatic carbocycles. The molecule has 1 amide bonds. The molecule has 1 unspecified atom stereocenters. The van der Waals surface area contributed by atoms with Crippen LogP contribution in [0.15, 0.2) is 22.9 Å². The molecule has 6 heteroatoms. The van der Waals surface area contributed by atoms with Gasteiger partial charge in [-0.3, -0.25) is 9.48 Å². The van der Waals surface area contributed by atoms with Crippen molar-refractivity contribution in [1.82, 2.24) is 19.7 Å². The predicted molar refractivity (Wildman–Crippen MR) is 81.3 cm³/mol. The fourth-order valence-corrected chi connectivity index (χ4v) is 2.80. The molecule has 2 aromatic heterocycles. The van der Waals surface area contributed by atoms with Crippen LogP contribution in [0.25, 0.3) is 0 Å². The van der Waals surface area contributed by atoms with Crippen molar-refractivity contribution in [2.24, 2.45) is 0 Å². The Morgan fingerprint density at radius 1 is 1.45 bits per heavy atom. The van der Waals surface area contributed by atoms with Crippen molar-refractivity contribution in [3.05, 3.63) is 35.8 Å². The first-order chi connectivity index (χ1) is 10.6. The largest absolute Gasteiger partial charge is 0.445 e. The van der Waals surface area contributed by atoms with E-state index < -0.39 is 0 Å². The number of nitrogens with zero attached hydrogens (tertiary/aromatic N) is 4. The van der Waals surface area contributed by atoms with Gasteiger partial charge in [-0.15, -0.1) is 0 Å². The highest BCUT2D eigenvalue weighted by Crippen LogP contribution is 2.25. The van der Waals surface area contributed by atoms with E-state index in [2.05, 4.69) is 23.9 Å². The number of aromatic nitrogens is 3. The first-order valence-corrected chi connectivity index (χ1v) is 7.86. The van der Waals surface area contributed by atoms with Gasteiger partial charge >= 0.3 is 0 Å². The Kier molecular flexibility index (Phi) is 4.00. The third-order valence-corrected chi connectivity index (χ3v) is 4.07. The number of hydrogen-bond acceptors (Lipinski definition) is 4. The highest BCUT2D eigenvalue weighted by atomic mass is 16.4. The molecule has 6 nitrogen and oxygen atoms in total. The topological polar surface area (TPSA) is 64.2 Å². The first-order valence-electron chi connectivity index (χ1n) is 7.86. The number of carbonyl (C=O) groups excluding carboxylic acids is 1. The molecule has 0 saturated heterocycles. The van der Waals surface area contributed by atoms with Crippen molar-refractivity contribution in [3.63, 3.8) is 0 Å². The van der Waals surface area contributed by atoms with Crippen LogP contribution in [0.5, 0.6) is 0 Å². The van der Waals surface area contributed by atoms with Crippen LogP contribution in [0, 0.1) is 0 Å². The van der Waals surface area contributed by atoms with Gasteiger partial charge in [0.15, 0.2) is 5.89 Å². The number of hydrogen-bond donors (Lipinski definition) is 0. The maximum absolute atomic E-state index is 12.8. The van der Waals surface area contributed by atoms with Gasteiger partial charge in [-0.1, -0.05) is 20.8 Å². The molecule has 1 aliphatic heterocycles. The van der Waals surface area contributed by atoms with Gasteiger partial charge in [0.25, 0.3) is 0 Å². The monoisotopic (exact) mass is 302 g/mol. The maximum Gasteiger partial charge on any atom is 0.247 e. The van der Waals surface area contributed by atoms with E-state index in [4.69, 9.17) is 4.42 Å². The summed E-state index contributed by atoms with van der Waals surface area (Å²) in [4.78, 5) is 19.2. The fraction of sp³-hybridized carbons (Fsp3) is 0.562. The van der Waals surface area contributed by atoms with Gasteiger partial charge in [0.1, 0.15) is 17.5 Å². The van der Waals surface area contributed by atoms with Crippen molar-refractivity contribution in [3.8, 4) is 0 Å². The molecule has 0 bridgehead atoms. The van der Waals surface area contributed by atoms with E-state index in [1.54, 1.807) is 10.9 Å². The number of carbonyl (C=O) groups is 1. The fourth-order valence-electron chi connectivity index (χ4n) is 2.80. The summed E-state index contributed by atoms with van der Waals surface area (Å²) in [5.41, 5.74) is 0.901. The highest BCUT2D eigenvalue weighted by molar-refractivity contribution is 5.80. The minimum absolute atomic E-state index is 0.103. The van der Waals surface area contributed by atoms with E-state index in [9.17, 15) is 4.79 Å². The second kappa shape index (κ2) is 5.94. The maximum atomic E-state index is 12.8. The number of oxazole rings is 1. The van der Waals surface area contributed by atoms with E-state index >= 15 is 0 Å². The average molecular weight is 302 g/mol. The zero-order valence-corrected chi connectivity index (χ0v) is 13.3. The summed E-state index contributed by atoms with van der Waals surface area (Å²) < 4.78 is 7.52. The Balaban J connectivity index is 1.77. The molecule has 1 atom stereocenters. The van der Waals surface area contributed by atoms with Crippen LogP contribution in [0.4, 0.5) is 0 Å². The van der Waals surface area contributed by atoms with Crippen LogP contribution in [-0.2, 0) is 17.8 Å². The van der Waals surface area contributed by atoms with Gasteiger partial charge in [0, 0.05) is 31.3 Å². The average Bonchev–Trinajstić information content (AvgIpc) is 3.16. The second-order valence-electron chi connectivity index (χ2n) is 6.00. The minimum Gasteiger partial charge on any atom is -0.445 e. The summed E-state index contributed by atoms with van der Waals surface area (Å²) >= 11 is 0. The molecule has 0 spiro atoms. The van der Waals surface area contributed by atoms with Crippen molar-refractivity contribution >= 4 is 5.91 Å². The van der Waals surface area contributed by atoms with Crippen molar-refractivity contribution in [2.45, 2.75) is 52.1 Å². The molecule has 0 saturated carbocycles. The molecule has 0 aromatic carbocycles. The van der Waals surface area contributed by atoms with Gasteiger partial charge in [0.2, 0.25) is 5.91 Å². The van der Waals surface area contributed by atoms with Crippen LogP contribution >= 0.6 is 0 Å². The van der Waals surface area contributed by atoms with Crippen molar-refractivity contribution in [1.29, 1.82) is 0 Å². The highest BCUT2D eigenvalue weighted by Gasteiger charge is 2.30. The molecule has 3 rings (SSSR count). The van der Waals surface area contributed by atoms with Gasteiger partial charge in [-0.05, 0) is 12.5 Å². The van der Waals surface area contributed by atoms with Crippen molar-refractivity contribution in [2.75, 3.05) is 6.54 Å². The lowest BCUT2D eigenvalue weighted by atomic mass is 10.1. The molecular weight excluding hydrogens is 280 g/mol. The Morgan fingerprint density at radius 2 is 2.27 bits per heavy atom. The first kappa shape index (κ1) is 14.8. The van der Waals surface area contributed by atoms with Gasteiger partial charge in [-0.25, -0.2) is 4.98 Å². The van der Waals surface area contributed by atoms with Gasteiger partial charge in [0.05, 0.1) is 6.54 Å². The summed E-state index contributed by atoms with van der Waals surface area (Å²) in [6.45, 7) is 7.33. The third-order valence-electron chi connectivity index (χ3n) is 4.07. The van der Waals surface area contributed by atoms with Crippen LogP contribution in [-0.4, -0.2) is 32.1 Å². The lowest BCUT2D eigenvalue weighted by Gasteiger charge is -2.29. The van der Waals surface area contributed by atoms with E-state index in [0.717, 1.165) is 30.2 Å². The standard InChI is InChI=1S/C16H22N4O2/c1-4-13(20-8-5-7-17-20)16(21)19-9-6-14-12(10-19)18-15(22-14)11(2)3/h5,7-8,11,13H,4,6,9-10H2,1-3H3. The molecule has 22 heavy (non-hydrogen) atoms. The van der Waals surface area contributed by atoms with E-state index in [1.807, 2.05) is 24.1 Å². The van der Waals surface area contributed by atoms with Gasteiger partial charge < -0.3 is 9.32 Å². The Bertz CT molecular complexity index is 645. The summed E-state index contributed by atoms with van der Waals surface area (Å²) in [5.74, 6) is 2.06. The Hall–Kier alpha value is -2.11. The van der Waals surface area contributed by atoms with Crippen LogP contribution in [0.1, 0.15) is 56.5 Å². The zero-order valence-electron chi connectivity index (χ0n) is 13.3. The summed E-state index contributed by atoms with van der Waals surface area (Å²) in [7, 11) is 0.